The van der Waals surface area contributed by atoms with Crippen LogP contribution < -0.4 is 5.32 Å². The topological polar surface area (TPSA) is 49.3 Å². The SMILES string of the molecule is O=C(O)C(CNc1cccc(Cl)c1Br)C(F)(F)F. The predicted molar refractivity (Wildman–Crippen MR) is 64.8 cm³/mol. The Morgan fingerprint density at radius 1 is 1.50 bits per heavy atom. The van der Waals surface area contributed by atoms with Crippen LogP contribution in [0.3, 0.4) is 0 Å². The molecule has 0 bridgehead atoms. The van der Waals surface area contributed by atoms with Crippen LogP contribution in [0.5, 0.6) is 0 Å². The molecule has 1 rings (SSSR count). The van der Waals surface area contributed by atoms with E-state index in [2.05, 4.69) is 21.2 Å². The summed E-state index contributed by atoms with van der Waals surface area (Å²) < 4.78 is 37.6. The lowest BCUT2D eigenvalue weighted by Gasteiger charge is -2.18. The molecule has 100 valence electrons. The Bertz CT molecular complexity index is 453. The molecule has 0 saturated carbocycles. The number of carbonyl (C=O) groups is 1. The molecule has 18 heavy (non-hydrogen) atoms. The van der Waals surface area contributed by atoms with Gasteiger partial charge in [-0.25, -0.2) is 0 Å². The van der Waals surface area contributed by atoms with Gasteiger partial charge in [-0.3, -0.25) is 4.79 Å². The second-order valence-electron chi connectivity index (χ2n) is 3.41. The highest BCUT2D eigenvalue weighted by molar-refractivity contribution is 9.10. The second kappa shape index (κ2) is 5.79. The first-order valence-electron chi connectivity index (χ1n) is 4.71. The van der Waals surface area contributed by atoms with Gasteiger partial charge in [0.05, 0.1) is 9.50 Å². The number of rotatable bonds is 4. The smallest absolute Gasteiger partial charge is 0.403 e. The highest BCUT2D eigenvalue weighted by Gasteiger charge is 2.44. The van der Waals surface area contributed by atoms with Gasteiger partial charge in [0.15, 0.2) is 5.92 Å². The zero-order valence-electron chi connectivity index (χ0n) is 8.76. The molecule has 0 radical (unpaired) electrons. The van der Waals surface area contributed by atoms with E-state index in [1.165, 1.54) is 6.07 Å². The van der Waals surface area contributed by atoms with Crippen LogP contribution in [0, 0.1) is 5.92 Å². The molecule has 0 aliphatic carbocycles. The minimum absolute atomic E-state index is 0.304. The third-order valence-corrected chi connectivity index (χ3v) is 3.54. The van der Waals surface area contributed by atoms with Crippen molar-refractivity contribution >= 4 is 39.2 Å². The lowest BCUT2D eigenvalue weighted by Crippen LogP contribution is -2.36. The third kappa shape index (κ3) is 3.78. The number of halogens is 5. The van der Waals surface area contributed by atoms with E-state index in [0.717, 1.165) is 0 Å². The van der Waals surface area contributed by atoms with Crippen LogP contribution in [-0.2, 0) is 4.79 Å². The van der Waals surface area contributed by atoms with Crippen molar-refractivity contribution in [2.24, 2.45) is 5.92 Å². The van der Waals surface area contributed by atoms with Crippen LogP contribution >= 0.6 is 27.5 Å². The van der Waals surface area contributed by atoms with Gasteiger partial charge in [-0.05, 0) is 28.1 Å². The van der Waals surface area contributed by atoms with Crippen molar-refractivity contribution in [1.82, 2.24) is 0 Å². The van der Waals surface area contributed by atoms with Crippen molar-refractivity contribution < 1.29 is 23.1 Å². The van der Waals surface area contributed by atoms with Crippen LogP contribution in [0.4, 0.5) is 18.9 Å². The zero-order valence-corrected chi connectivity index (χ0v) is 11.1. The van der Waals surface area contributed by atoms with E-state index in [1.807, 2.05) is 0 Å². The predicted octanol–water partition coefficient (Wildman–Crippen LogP) is 3.78. The van der Waals surface area contributed by atoms with Gasteiger partial charge in [-0.15, -0.1) is 0 Å². The van der Waals surface area contributed by atoms with E-state index in [-0.39, 0.29) is 0 Å². The van der Waals surface area contributed by atoms with Crippen LogP contribution in [0.15, 0.2) is 22.7 Å². The first kappa shape index (κ1) is 15.1. The van der Waals surface area contributed by atoms with Gasteiger partial charge in [0.25, 0.3) is 0 Å². The number of hydrogen-bond donors (Lipinski definition) is 2. The van der Waals surface area contributed by atoms with Gasteiger partial charge in [-0.2, -0.15) is 13.2 Å². The van der Waals surface area contributed by atoms with Crippen molar-refractivity contribution in [2.45, 2.75) is 6.18 Å². The number of carboxylic acid groups (broad SMARTS) is 1. The van der Waals surface area contributed by atoms with E-state index in [9.17, 15) is 18.0 Å². The quantitative estimate of drug-likeness (QED) is 0.872. The van der Waals surface area contributed by atoms with Crippen molar-refractivity contribution in [3.05, 3.63) is 27.7 Å². The summed E-state index contributed by atoms with van der Waals surface area (Å²) in [5.41, 5.74) is 0.304. The maximum Gasteiger partial charge on any atom is 0.403 e. The molecule has 0 heterocycles. The van der Waals surface area contributed by atoms with E-state index >= 15 is 0 Å². The molecule has 8 heteroatoms. The van der Waals surface area contributed by atoms with Crippen molar-refractivity contribution in [2.75, 3.05) is 11.9 Å². The lowest BCUT2D eigenvalue weighted by atomic mass is 10.1. The standard InChI is InChI=1S/C10H8BrClF3NO2/c11-8-6(12)2-1-3-7(8)16-4-5(9(17)18)10(13,14)15/h1-3,5,16H,4H2,(H,17,18). The van der Waals surface area contributed by atoms with Gasteiger partial charge < -0.3 is 10.4 Å². The highest BCUT2D eigenvalue weighted by atomic mass is 79.9. The molecule has 1 aromatic carbocycles. The summed E-state index contributed by atoms with van der Waals surface area (Å²) in [5.74, 6) is -4.39. The summed E-state index contributed by atoms with van der Waals surface area (Å²) in [4.78, 5) is 10.5. The van der Waals surface area contributed by atoms with Crippen molar-refractivity contribution in [3.63, 3.8) is 0 Å². The van der Waals surface area contributed by atoms with Crippen LogP contribution in [-0.4, -0.2) is 23.8 Å². The maximum atomic E-state index is 12.4. The Morgan fingerprint density at radius 3 is 2.61 bits per heavy atom. The molecule has 3 nitrogen and oxygen atoms in total. The van der Waals surface area contributed by atoms with E-state index < -0.39 is 24.6 Å². The number of nitrogens with one attached hydrogen (secondary N) is 1. The Hall–Kier alpha value is -0.950. The Labute approximate surface area is 114 Å². The summed E-state index contributed by atoms with van der Waals surface area (Å²) in [7, 11) is 0. The van der Waals surface area contributed by atoms with Crippen LogP contribution in [0.2, 0.25) is 5.02 Å². The molecule has 0 aromatic heterocycles. The van der Waals surface area contributed by atoms with Gasteiger partial charge in [0.2, 0.25) is 0 Å². The molecule has 0 aliphatic heterocycles. The van der Waals surface area contributed by atoms with Gasteiger partial charge in [-0.1, -0.05) is 17.7 Å². The molecule has 0 aliphatic rings. The number of benzene rings is 1. The molecular weight excluding hydrogens is 338 g/mol. The molecule has 1 atom stereocenters. The van der Waals surface area contributed by atoms with Crippen molar-refractivity contribution in [1.29, 1.82) is 0 Å². The fraction of sp³-hybridized carbons (Fsp3) is 0.300. The maximum absolute atomic E-state index is 12.4. The number of carboxylic acids is 1. The molecule has 1 aromatic rings. The Morgan fingerprint density at radius 2 is 2.11 bits per heavy atom. The summed E-state index contributed by atoms with van der Waals surface area (Å²) in [6.45, 7) is -0.766. The van der Waals surface area contributed by atoms with Crippen LogP contribution in [0.1, 0.15) is 0 Å². The minimum Gasteiger partial charge on any atom is -0.481 e. The average Bonchev–Trinajstić information content (AvgIpc) is 2.22. The number of hydrogen-bond acceptors (Lipinski definition) is 2. The number of alkyl halides is 3. The molecule has 1 unspecified atom stereocenters. The third-order valence-electron chi connectivity index (χ3n) is 2.14. The van der Waals surface area contributed by atoms with Gasteiger partial charge in [0, 0.05) is 12.2 Å². The lowest BCUT2D eigenvalue weighted by molar-refractivity contribution is -0.190. The minimum atomic E-state index is -4.80. The van der Waals surface area contributed by atoms with Crippen molar-refractivity contribution in [3.8, 4) is 0 Å². The number of aliphatic carboxylic acids is 1. The summed E-state index contributed by atoms with van der Waals surface area (Å²) in [6.07, 6.45) is -4.80. The Balaban J connectivity index is 2.80. The second-order valence-corrected chi connectivity index (χ2v) is 4.61. The average molecular weight is 347 g/mol. The molecule has 2 N–H and O–H groups in total. The van der Waals surface area contributed by atoms with Gasteiger partial charge in [0.1, 0.15) is 0 Å². The largest absolute Gasteiger partial charge is 0.481 e. The van der Waals surface area contributed by atoms with Gasteiger partial charge >= 0.3 is 12.1 Å². The molecule has 0 saturated heterocycles. The number of anilines is 1. The summed E-state index contributed by atoms with van der Waals surface area (Å²) in [5, 5.41) is 11.2. The van der Waals surface area contributed by atoms with E-state index in [0.29, 0.717) is 15.2 Å². The normalized spacial score (nSPS) is 13.2. The zero-order chi connectivity index (χ0) is 13.9. The van der Waals surface area contributed by atoms with E-state index in [4.69, 9.17) is 16.7 Å². The Kier molecular flexibility index (Phi) is 4.86. The fourth-order valence-corrected chi connectivity index (χ4v) is 1.77. The molecule has 0 fully saturated rings. The first-order valence-corrected chi connectivity index (χ1v) is 5.88. The molecule has 0 amide bonds. The highest BCUT2D eigenvalue weighted by Crippen LogP contribution is 2.32. The first-order chi connectivity index (χ1) is 8.23. The monoisotopic (exact) mass is 345 g/mol. The van der Waals surface area contributed by atoms with E-state index in [1.54, 1.807) is 12.1 Å². The summed E-state index contributed by atoms with van der Waals surface area (Å²) in [6, 6.07) is 4.58. The van der Waals surface area contributed by atoms with Crippen LogP contribution in [0.25, 0.3) is 0 Å². The molecule has 0 spiro atoms. The summed E-state index contributed by atoms with van der Waals surface area (Å²) >= 11 is 8.85. The molecular formula is C10H8BrClF3NO2. The fourth-order valence-electron chi connectivity index (χ4n) is 1.20.